The molecule has 0 bridgehead atoms. The molecule has 2 unspecified atom stereocenters. The molecule has 0 spiro atoms. The Morgan fingerprint density at radius 1 is 1.22 bits per heavy atom. The number of rotatable bonds is 7. The van der Waals surface area contributed by atoms with Gasteiger partial charge in [-0.2, -0.15) is 0 Å². The van der Waals surface area contributed by atoms with E-state index in [1.54, 1.807) is 0 Å². The van der Waals surface area contributed by atoms with Crippen molar-refractivity contribution < 1.29 is 14.3 Å². The number of ether oxygens (including phenoxy) is 1. The molecule has 0 radical (unpaired) electrons. The van der Waals surface area contributed by atoms with E-state index in [1.807, 2.05) is 44.9 Å². The van der Waals surface area contributed by atoms with Crippen molar-refractivity contribution in [3.05, 3.63) is 57.3 Å². The third-order valence-corrected chi connectivity index (χ3v) is 6.53. The van der Waals surface area contributed by atoms with Gasteiger partial charge in [-0.1, -0.05) is 42.4 Å². The van der Waals surface area contributed by atoms with Crippen molar-refractivity contribution in [1.82, 2.24) is 10.2 Å². The molecule has 6 nitrogen and oxygen atoms in total. The minimum atomic E-state index is -0.396. The average Bonchev–Trinajstić information content (AvgIpc) is 3.08. The first kappa shape index (κ1) is 24.1. The number of amides is 1. The second-order valence-electron chi connectivity index (χ2n) is 8.76. The quantitative estimate of drug-likeness (QED) is 0.577. The van der Waals surface area contributed by atoms with Crippen LogP contribution >= 0.6 is 11.8 Å². The van der Waals surface area contributed by atoms with E-state index in [9.17, 15) is 9.59 Å². The summed E-state index contributed by atoms with van der Waals surface area (Å²) < 4.78 is 5.61. The Balaban J connectivity index is 2.05. The topological polar surface area (TPSA) is 71.0 Å². The molecule has 0 fully saturated rings. The maximum absolute atomic E-state index is 13.2. The van der Waals surface area contributed by atoms with Crippen molar-refractivity contribution in [3.63, 3.8) is 0 Å². The fraction of sp³-hybridized carbons (Fsp3) is 0.480. The maximum Gasteiger partial charge on any atom is 0.338 e. The minimum absolute atomic E-state index is 0.0376. The number of aryl methyl sites for hydroxylation is 2. The van der Waals surface area contributed by atoms with Crippen LogP contribution in [0.1, 0.15) is 70.2 Å². The van der Waals surface area contributed by atoms with Crippen molar-refractivity contribution in [1.29, 1.82) is 0 Å². The Hall–Kier alpha value is -2.54. The lowest BCUT2D eigenvalue weighted by atomic mass is 9.90. The predicted octanol–water partition coefficient (Wildman–Crippen LogP) is 5.13. The lowest BCUT2D eigenvalue weighted by Gasteiger charge is -2.37. The van der Waals surface area contributed by atoms with Crippen molar-refractivity contribution in [3.8, 4) is 0 Å². The van der Waals surface area contributed by atoms with Crippen LogP contribution in [-0.2, 0) is 14.3 Å². The summed E-state index contributed by atoms with van der Waals surface area (Å²) in [7, 11) is 0. The van der Waals surface area contributed by atoms with Crippen molar-refractivity contribution in [2.45, 2.75) is 79.5 Å². The highest BCUT2D eigenvalue weighted by Crippen LogP contribution is 2.45. The van der Waals surface area contributed by atoms with Gasteiger partial charge in [-0.05, 0) is 64.5 Å². The Labute approximate surface area is 195 Å². The van der Waals surface area contributed by atoms with Gasteiger partial charge in [0.2, 0.25) is 5.91 Å². The summed E-state index contributed by atoms with van der Waals surface area (Å²) in [5, 5.41) is 5.78. The van der Waals surface area contributed by atoms with E-state index < -0.39 is 6.04 Å². The van der Waals surface area contributed by atoms with Crippen molar-refractivity contribution in [2.24, 2.45) is 4.99 Å². The van der Waals surface area contributed by atoms with Gasteiger partial charge in [0.15, 0.2) is 5.17 Å². The molecule has 2 aliphatic heterocycles. The predicted molar refractivity (Wildman–Crippen MR) is 130 cm³/mol. The number of amidine groups is 1. The lowest BCUT2D eigenvalue weighted by Crippen LogP contribution is -2.39. The molecule has 0 aromatic heterocycles. The maximum atomic E-state index is 13.2. The SMILES string of the molecule is CCC(C)NC(=O)CC1=CSC2=NC(C)=C(C(=O)OC(C)C)C(c3ccc(C)cc3C)N12. The van der Waals surface area contributed by atoms with Crippen LogP contribution in [0.2, 0.25) is 0 Å². The van der Waals surface area contributed by atoms with Crippen LogP contribution in [0.15, 0.2) is 45.6 Å². The molecular formula is C25H33N3O3S. The van der Waals surface area contributed by atoms with Crippen LogP contribution in [0, 0.1) is 13.8 Å². The summed E-state index contributed by atoms with van der Waals surface area (Å²) in [6.07, 6.45) is 0.856. The van der Waals surface area contributed by atoms with E-state index in [4.69, 9.17) is 9.73 Å². The smallest absolute Gasteiger partial charge is 0.338 e. The van der Waals surface area contributed by atoms with E-state index in [0.717, 1.165) is 34.0 Å². The van der Waals surface area contributed by atoms with Gasteiger partial charge >= 0.3 is 5.97 Å². The largest absolute Gasteiger partial charge is 0.459 e. The number of allylic oxidation sites excluding steroid dienone is 1. The van der Waals surface area contributed by atoms with E-state index in [0.29, 0.717) is 11.3 Å². The van der Waals surface area contributed by atoms with Gasteiger partial charge in [-0.3, -0.25) is 4.79 Å². The second-order valence-corrected chi connectivity index (χ2v) is 9.60. The zero-order valence-electron chi connectivity index (χ0n) is 20.0. The van der Waals surface area contributed by atoms with Gasteiger partial charge in [-0.15, -0.1) is 0 Å². The Morgan fingerprint density at radius 3 is 2.56 bits per heavy atom. The first-order valence-corrected chi connectivity index (χ1v) is 12.0. The molecular weight excluding hydrogens is 422 g/mol. The number of carbonyl (C=O) groups excluding carboxylic acids is 2. The highest BCUT2D eigenvalue weighted by Gasteiger charge is 2.41. The fourth-order valence-electron chi connectivity index (χ4n) is 3.93. The highest BCUT2D eigenvalue weighted by atomic mass is 32.2. The van der Waals surface area contributed by atoms with Crippen LogP contribution in [0.4, 0.5) is 0 Å². The molecule has 2 atom stereocenters. The third kappa shape index (κ3) is 5.09. The van der Waals surface area contributed by atoms with Gasteiger partial charge in [-0.25, -0.2) is 9.79 Å². The molecule has 1 N–H and O–H groups in total. The summed E-state index contributed by atoms with van der Waals surface area (Å²) in [5.41, 5.74) is 5.25. The van der Waals surface area contributed by atoms with Gasteiger partial charge in [0.1, 0.15) is 0 Å². The molecule has 0 saturated heterocycles. The van der Waals surface area contributed by atoms with E-state index in [-0.39, 0.29) is 30.4 Å². The molecule has 3 rings (SSSR count). The van der Waals surface area contributed by atoms with Crippen LogP contribution in [0.25, 0.3) is 0 Å². The van der Waals surface area contributed by atoms with E-state index in [1.165, 1.54) is 11.8 Å². The lowest BCUT2D eigenvalue weighted by molar-refractivity contribution is -0.143. The Morgan fingerprint density at radius 2 is 1.94 bits per heavy atom. The summed E-state index contributed by atoms with van der Waals surface area (Å²) in [5.74, 6) is -0.407. The standard InChI is InChI=1S/C25H33N3O3S/c1-8-17(6)26-21(29)12-19-13-32-25-27-18(7)22(24(30)31-14(2)3)23(28(19)25)20-10-9-15(4)11-16(20)5/h9-11,13-14,17,23H,8,12H2,1-7H3,(H,26,29). The van der Waals surface area contributed by atoms with Crippen LogP contribution in [0.5, 0.6) is 0 Å². The summed E-state index contributed by atoms with van der Waals surface area (Å²) in [4.78, 5) is 32.6. The number of carbonyl (C=O) groups is 2. The Bertz CT molecular complexity index is 1010. The molecule has 0 aliphatic carbocycles. The number of nitrogens with zero attached hydrogens (tertiary/aromatic N) is 2. The summed E-state index contributed by atoms with van der Waals surface area (Å²) in [6, 6.07) is 5.95. The first-order valence-electron chi connectivity index (χ1n) is 11.1. The van der Waals surface area contributed by atoms with Gasteiger partial charge in [0.25, 0.3) is 0 Å². The van der Waals surface area contributed by atoms with Crippen molar-refractivity contribution >= 4 is 28.8 Å². The number of aliphatic imine (C=N–C) groups is 1. The molecule has 1 amide bonds. The number of hydrogen-bond donors (Lipinski definition) is 1. The van der Waals surface area contributed by atoms with E-state index >= 15 is 0 Å². The zero-order valence-corrected chi connectivity index (χ0v) is 20.8. The second kappa shape index (κ2) is 9.94. The molecule has 1 aromatic rings. The summed E-state index contributed by atoms with van der Waals surface area (Å²) in [6.45, 7) is 13.7. The number of esters is 1. The molecule has 2 heterocycles. The monoisotopic (exact) mass is 455 g/mol. The molecule has 2 aliphatic rings. The van der Waals surface area contributed by atoms with Gasteiger partial charge in [0, 0.05) is 11.7 Å². The molecule has 172 valence electrons. The number of nitrogens with one attached hydrogen (secondary N) is 1. The highest BCUT2D eigenvalue weighted by molar-refractivity contribution is 8.16. The third-order valence-electron chi connectivity index (χ3n) is 5.64. The van der Waals surface area contributed by atoms with E-state index in [2.05, 4.69) is 37.4 Å². The number of hydrogen-bond acceptors (Lipinski definition) is 6. The Kier molecular flexibility index (Phi) is 7.49. The van der Waals surface area contributed by atoms with Crippen LogP contribution < -0.4 is 5.32 Å². The average molecular weight is 456 g/mol. The minimum Gasteiger partial charge on any atom is -0.459 e. The zero-order chi connectivity index (χ0) is 23.6. The molecule has 1 aromatic carbocycles. The van der Waals surface area contributed by atoms with Gasteiger partial charge < -0.3 is 15.0 Å². The molecule has 32 heavy (non-hydrogen) atoms. The first-order chi connectivity index (χ1) is 15.1. The number of benzene rings is 1. The van der Waals surface area contributed by atoms with Crippen LogP contribution in [0.3, 0.4) is 0 Å². The van der Waals surface area contributed by atoms with Gasteiger partial charge in [0.05, 0.1) is 29.8 Å². The fourth-order valence-corrected chi connectivity index (χ4v) is 4.89. The number of fused-ring (bicyclic) bond motifs is 1. The molecule has 7 heteroatoms. The molecule has 0 saturated carbocycles. The number of thioether (sulfide) groups is 1. The summed E-state index contributed by atoms with van der Waals surface area (Å²) >= 11 is 1.49. The normalized spacial score (nSPS) is 18.9. The van der Waals surface area contributed by atoms with Crippen LogP contribution in [-0.4, -0.2) is 34.1 Å². The van der Waals surface area contributed by atoms with Crippen molar-refractivity contribution in [2.75, 3.05) is 0 Å².